The van der Waals surface area contributed by atoms with Crippen molar-refractivity contribution in [2.75, 3.05) is 4.90 Å². The van der Waals surface area contributed by atoms with Crippen LogP contribution in [0.4, 0.5) is 17.1 Å². The molecule has 0 saturated heterocycles. The number of hydrogen-bond acceptors (Lipinski definition) is 1. The maximum absolute atomic E-state index is 2.47. The van der Waals surface area contributed by atoms with Gasteiger partial charge in [0.05, 0.1) is 0 Å². The Morgan fingerprint density at radius 3 is 1.55 bits per heavy atom. The van der Waals surface area contributed by atoms with E-state index in [4.69, 9.17) is 0 Å². The van der Waals surface area contributed by atoms with E-state index in [-0.39, 0.29) is 10.8 Å². The van der Waals surface area contributed by atoms with Gasteiger partial charge in [0.15, 0.2) is 0 Å². The van der Waals surface area contributed by atoms with Crippen molar-refractivity contribution >= 4 is 27.8 Å². The fraction of sp³-hybridized carbons (Fsp3) is 0.209. The van der Waals surface area contributed by atoms with Crippen LogP contribution in [-0.4, -0.2) is 0 Å². The molecule has 0 bridgehead atoms. The lowest BCUT2D eigenvalue weighted by atomic mass is 9.51. The van der Waals surface area contributed by atoms with Gasteiger partial charge >= 0.3 is 0 Å². The number of fused-ring (bicyclic) bond motifs is 5. The summed E-state index contributed by atoms with van der Waals surface area (Å²) in [5, 5.41) is 2.68. The standard InChI is InChI=1S/C43H41N/c1-28-12-19-33(20-13-28)44(34-21-14-29(2)15-22-34)35-23-17-32(18-24-35)43(7)40-27-31(4)36-10-8-9-11-37(36)41(40)38-25-16-30(3)26-39(38)42(43,5)6/h8-27H,1-7H3. The Kier molecular flexibility index (Phi) is 6.55. The molecule has 1 aliphatic carbocycles. The van der Waals surface area contributed by atoms with E-state index in [1.54, 1.807) is 0 Å². The highest BCUT2D eigenvalue weighted by molar-refractivity contribution is 6.03. The van der Waals surface area contributed by atoms with Gasteiger partial charge in [0, 0.05) is 27.9 Å². The minimum Gasteiger partial charge on any atom is -0.311 e. The van der Waals surface area contributed by atoms with Gasteiger partial charge in [-0.3, -0.25) is 0 Å². The normalized spacial score (nSPS) is 16.8. The number of hydrogen-bond donors (Lipinski definition) is 0. The molecule has 1 aliphatic rings. The Morgan fingerprint density at radius 2 is 0.977 bits per heavy atom. The molecule has 0 aliphatic heterocycles. The first-order chi connectivity index (χ1) is 21.1. The Balaban J connectivity index is 1.44. The zero-order valence-electron chi connectivity index (χ0n) is 27.0. The Morgan fingerprint density at radius 1 is 0.477 bits per heavy atom. The first kappa shape index (κ1) is 28.2. The van der Waals surface area contributed by atoms with E-state index in [0.717, 1.165) is 17.1 Å². The maximum Gasteiger partial charge on any atom is 0.0461 e. The Labute approximate surface area is 262 Å². The number of anilines is 3. The molecule has 0 radical (unpaired) electrons. The fourth-order valence-electron chi connectivity index (χ4n) is 7.54. The van der Waals surface area contributed by atoms with Crippen LogP contribution in [-0.2, 0) is 10.8 Å². The molecule has 218 valence electrons. The highest BCUT2D eigenvalue weighted by Crippen LogP contribution is 2.59. The van der Waals surface area contributed by atoms with E-state index < -0.39 is 0 Å². The number of benzene rings is 6. The second-order valence-corrected chi connectivity index (χ2v) is 13.5. The van der Waals surface area contributed by atoms with Gasteiger partial charge in [0.2, 0.25) is 0 Å². The van der Waals surface area contributed by atoms with Gasteiger partial charge < -0.3 is 4.90 Å². The second kappa shape index (κ2) is 10.2. The number of nitrogens with zero attached hydrogens (tertiary/aromatic N) is 1. The molecule has 0 fully saturated rings. The maximum atomic E-state index is 2.47. The van der Waals surface area contributed by atoms with Crippen LogP contribution in [0.3, 0.4) is 0 Å². The molecule has 0 aromatic heterocycles. The van der Waals surface area contributed by atoms with Gasteiger partial charge in [0.25, 0.3) is 0 Å². The third kappa shape index (κ3) is 4.21. The van der Waals surface area contributed by atoms with Crippen LogP contribution < -0.4 is 4.90 Å². The molecule has 1 nitrogen and oxygen atoms in total. The van der Waals surface area contributed by atoms with Crippen molar-refractivity contribution in [3.63, 3.8) is 0 Å². The van der Waals surface area contributed by atoms with Crippen molar-refractivity contribution in [1.29, 1.82) is 0 Å². The molecule has 0 spiro atoms. The second-order valence-electron chi connectivity index (χ2n) is 13.5. The van der Waals surface area contributed by atoms with Crippen LogP contribution in [0.25, 0.3) is 21.9 Å². The average molecular weight is 572 g/mol. The monoisotopic (exact) mass is 571 g/mol. The van der Waals surface area contributed by atoms with Crippen molar-refractivity contribution in [2.24, 2.45) is 0 Å². The molecule has 1 unspecified atom stereocenters. The number of aryl methyl sites for hydroxylation is 4. The minimum absolute atomic E-state index is 0.147. The molecular weight excluding hydrogens is 530 g/mol. The van der Waals surface area contributed by atoms with Gasteiger partial charge in [-0.25, -0.2) is 0 Å². The van der Waals surface area contributed by atoms with Gasteiger partial charge in [-0.1, -0.05) is 122 Å². The summed E-state index contributed by atoms with van der Waals surface area (Å²) in [4.78, 5) is 2.36. The highest BCUT2D eigenvalue weighted by atomic mass is 15.1. The molecular formula is C43H41N. The van der Waals surface area contributed by atoms with Crippen LogP contribution in [0.5, 0.6) is 0 Å². The summed E-state index contributed by atoms with van der Waals surface area (Å²) in [7, 11) is 0. The van der Waals surface area contributed by atoms with Crippen molar-refractivity contribution in [3.8, 4) is 11.1 Å². The third-order valence-corrected chi connectivity index (χ3v) is 10.4. The topological polar surface area (TPSA) is 3.24 Å². The molecule has 6 aromatic carbocycles. The third-order valence-electron chi connectivity index (χ3n) is 10.4. The van der Waals surface area contributed by atoms with E-state index in [0.29, 0.717) is 0 Å². The van der Waals surface area contributed by atoms with Crippen molar-refractivity contribution < 1.29 is 0 Å². The fourth-order valence-corrected chi connectivity index (χ4v) is 7.54. The van der Waals surface area contributed by atoms with E-state index >= 15 is 0 Å². The molecule has 0 amide bonds. The molecule has 0 saturated carbocycles. The van der Waals surface area contributed by atoms with Gasteiger partial charge in [-0.15, -0.1) is 0 Å². The van der Waals surface area contributed by atoms with Crippen molar-refractivity contribution in [1.82, 2.24) is 0 Å². The summed E-state index contributed by atoms with van der Waals surface area (Å²) < 4.78 is 0. The average Bonchev–Trinajstić information content (AvgIpc) is 3.02. The van der Waals surface area contributed by atoms with E-state index in [1.165, 1.54) is 60.8 Å². The van der Waals surface area contributed by atoms with E-state index in [1.807, 2.05) is 0 Å². The van der Waals surface area contributed by atoms with E-state index in [9.17, 15) is 0 Å². The van der Waals surface area contributed by atoms with Gasteiger partial charge in [0.1, 0.15) is 0 Å². The van der Waals surface area contributed by atoms with Crippen molar-refractivity contribution in [3.05, 3.63) is 160 Å². The summed E-state index contributed by atoms with van der Waals surface area (Å²) in [5.41, 5.74) is 15.2. The molecule has 1 atom stereocenters. The zero-order valence-corrected chi connectivity index (χ0v) is 27.0. The molecule has 6 aromatic rings. The molecule has 0 N–H and O–H groups in total. The first-order valence-corrected chi connectivity index (χ1v) is 15.8. The smallest absolute Gasteiger partial charge is 0.0461 e. The van der Waals surface area contributed by atoms with Crippen molar-refractivity contribution in [2.45, 2.75) is 59.3 Å². The van der Waals surface area contributed by atoms with Crippen LogP contribution in [0.2, 0.25) is 0 Å². The summed E-state index contributed by atoms with van der Waals surface area (Å²) >= 11 is 0. The SMILES string of the molecule is Cc1ccc(N(c2ccc(C)cc2)c2ccc(C3(C)c4cc(C)c5ccccc5c4-c4ccc(C)cc4C3(C)C)cc2)cc1. The molecule has 7 rings (SSSR count). The minimum atomic E-state index is -0.255. The lowest BCUT2D eigenvalue weighted by molar-refractivity contribution is 0.326. The Hall–Kier alpha value is -4.62. The van der Waals surface area contributed by atoms with Crippen LogP contribution in [0.15, 0.2) is 121 Å². The van der Waals surface area contributed by atoms with Gasteiger partial charge in [-0.2, -0.15) is 0 Å². The lowest BCUT2D eigenvalue weighted by Gasteiger charge is -2.51. The predicted octanol–water partition coefficient (Wildman–Crippen LogP) is 11.8. The molecule has 1 heteroatoms. The summed E-state index contributed by atoms with van der Waals surface area (Å²) in [6.07, 6.45) is 0. The predicted molar refractivity (Wildman–Crippen MR) is 189 cm³/mol. The Bertz CT molecular complexity index is 1970. The summed E-state index contributed by atoms with van der Waals surface area (Å²) in [6, 6.07) is 45.5. The lowest BCUT2D eigenvalue weighted by Crippen LogP contribution is -2.47. The molecule has 0 heterocycles. The van der Waals surface area contributed by atoms with Crippen LogP contribution in [0.1, 0.15) is 59.7 Å². The van der Waals surface area contributed by atoms with Crippen LogP contribution in [0, 0.1) is 27.7 Å². The summed E-state index contributed by atoms with van der Waals surface area (Å²) in [5.74, 6) is 0. The number of rotatable bonds is 4. The highest BCUT2D eigenvalue weighted by Gasteiger charge is 2.50. The summed E-state index contributed by atoms with van der Waals surface area (Å²) in [6.45, 7) is 16.1. The van der Waals surface area contributed by atoms with Crippen LogP contribution >= 0.6 is 0 Å². The first-order valence-electron chi connectivity index (χ1n) is 15.8. The van der Waals surface area contributed by atoms with Gasteiger partial charge in [-0.05, 0) is 108 Å². The zero-order chi connectivity index (χ0) is 30.8. The van der Waals surface area contributed by atoms with E-state index in [2.05, 4.69) is 175 Å². The quantitative estimate of drug-likeness (QED) is 0.203. The molecule has 44 heavy (non-hydrogen) atoms. The largest absolute Gasteiger partial charge is 0.311 e.